The van der Waals surface area contributed by atoms with E-state index in [1.165, 1.54) is 4.57 Å². The monoisotopic (exact) mass is 366 g/mol. The largest absolute Gasteiger partial charge is 0.384 e. The summed E-state index contributed by atoms with van der Waals surface area (Å²) in [4.78, 5) is 17.1. The number of pyridine rings is 2. The van der Waals surface area contributed by atoms with Crippen LogP contribution >= 0.6 is 11.6 Å². The molecule has 26 heavy (non-hydrogen) atoms. The summed E-state index contributed by atoms with van der Waals surface area (Å²) < 4.78 is 1.45. The average Bonchev–Trinajstić information content (AvgIpc) is 2.63. The number of nitrogens with one attached hydrogen (secondary N) is 1. The number of nitrogens with two attached hydrogens (primary N) is 1. The predicted octanol–water partition coefficient (Wildman–Crippen LogP) is 4.14. The molecule has 3 N–H and O–H groups in total. The zero-order chi connectivity index (χ0) is 18.8. The van der Waals surface area contributed by atoms with Crippen molar-refractivity contribution in [2.75, 3.05) is 5.73 Å². The smallest absolute Gasteiger partial charge is 0.260 e. The van der Waals surface area contributed by atoms with Gasteiger partial charge in [0.2, 0.25) is 0 Å². The Labute approximate surface area is 156 Å². The van der Waals surface area contributed by atoms with Crippen LogP contribution in [-0.2, 0) is 6.54 Å². The second-order valence-electron chi connectivity index (χ2n) is 5.98. The van der Waals surface area contributed by atoms with Gasteiger partial charge in [-0.05, 0) is 37.6 Å². The summed E-state index contributed by atoms with van der Waals surface area (Å²) in [6.07, 6.45) is 2.94. The highest BCUT2D eigenvalue weighted by molar-refractivity contribution is 6.33. The lowest BCUT2D eigenvalue weighted by atomic mass is 10.0. The highest BCUT2D eigenvalue weighted by atomic mass is 35.5. The standard InChI is InChI=1S/C20H19ClN4O/c1-3-25-19(23)15(10-22)8-17(20(25)26)16-7-6-13(9-18(16)21)14-5-4-12(2)24-11-14/h4-11,22H,3,23H2,1-2H3. The van der Waals surface area contributed by atoms with Crippen molar-refractivity contribution in [1.29, 1.82) is 5.41 Å². The minimum absolute atomic E-state index is 0.220. The van der Waals surface area contributed by atoms with Crippen LogP contribution in [0.25, 0.3) is 22.3 Å². The molecule has 132 valence electrons. The van der Waals surface area contributed by atoms with Crippen molar-refractivity contribution in [3.8, 4) is 22.3 Å². The molecule has 0 spiro atoms. The van der Waals surface area contributed by atoms with Crippen molar-refractivity contribution in [2.24, 2.45) is 0 Å². The van der Waals surface area contributed by atoms with Crippen molar-refractivity contribution in [2.45, 2.75) is 20.4 Å². The topological polar surface area (TPSA) is 84.8 Å². The minimum Gasteiger partial charge on any atom is -0.384 e. The maximum absolute atomic E-state index is 12.8. The molecule has 0 radical (unpaired) electrons. The van der Waals surface area contributed by atoms with E-state index in [4.69, 9.17) is 22.7 Å². The Hall–Kier alpha value is -2.92. The number of halogens is 1. The van der Waals surface area contributed by atoms with E-state index < -0.39 is 0 Å². The van der Waals surface area contributed by atoms with Crippen molar-refractivity contribution >= 4 is 23.6 Å². The first-order valence-electron chi connectivity index (χ1n) is 8.23. The Morgan fingerprint density at radius 3 is 2.50 bits per heavy atom. The van der Waals surface area contributed by atoms with E-state index in [0.29, 0.717) is 28.3 Å². The van der Waals surface area contributed by atoms with E-state index >= 15 is 0 Å². The molecule has 3 aromatic rings. The lowest BCUT2D eigenvalue weighted by molar-refractivity contribution is 0.740. The molecule has 6 heteroatoms. The zero-order valence-electron chi connectivity index (χ0n) is 14.6. The lowest BCUT2D eigenvalue weighted by Crippen LogP contribution is -2.25. The first-order valence-corrected chi connectivity index (χ1v) is 8.60. The molecule has 0 aliphatic carbocycles. The van der Waals surface area contributed by atoms with Crippen molar-refractivity contribution in [3.05, 3.63) is 69.2 Å². The van der Waals surface area contributed by atoms with Gasteiger partial charge < -0.3 is 11.1 Å². The van der Waals surface area contributed by atoms with E-state index in [9.17, 15) is 4.79 Å². The normalized spacial score (nSPS) is 10.7. The molecule has 0 aliphatic heterocycles. The fourth-order valence-corrected chi connectivity index (χ4v) is 3.16. The average molecular weight is 367 g/mol. The van der Waals surface area contributed by atoms with Gasteiger partial charge >= 0.3 is 0 Å². The van der Waals surface area contributed by atoms with Crippen molar-refractivity contribution < 1.29 is 0 Å². The quantitative estimate of drug-likeness (QED) is 0.680. The molecule has 0 aliphatic rings. The summed E-state index contributed by atoms with van der Waals surface area (Å²) in [6, 6.07) is 11.1. The van der Waals surface area contributed by atoms with Crippen LogP contribution in [0.4, 0.5) is 5.82 Å². The molecule has 0 atom stereocenters. The number of hydrogen-bond acceptors (Lipinski definition) is 4. The van der Waals surface area contributed by atoms with Crippen LogP contribution in [0.15, 0.2) is 47.4 Å². The highest BCUT2D eigenvalue weighted by Gasteiger charge is 2.15. The molecular formula is C20H19ClN4O. The van der Waals surface area contributed by atoms with Crippen LogP contribution in [0, 0.1) is 12.3 Å². The van der Waals surface area contributed by atoms with Gasteiger partial charge in [-0.1, -0.05) is 29.8 Å². The first-order chi connectivity index (χ1) is 12.5. The van der Waals surface area contributed by atoms with Crippen molar-refractivity contribution in [1.82, 2.24) is 9.55 Å². The molecule has 0 fully saturated rings. The zero-order valence-corrected chi connectivity index (χ0v) is 15.3. The molecule has 5 nitrogen and oxygen atoms in total. The summed E-state index contributed by atoms with van der Waals surface area (Å²) in [6.45, 7) is 4.19. The molecule has 2 heterocycles. The fourth-order valence-electron chi connectivity index (χ4n) is 2.88. The number of nitrogens with zero attached hydrogens (tertiary/aromatic N) is 2. The summed E-state index contributed by atoms with van der Waals surface area (Å²) in [5, 5.41) is 8.00. The Morgan fingerprint density at radius 2 is 1.92 bits per heavy atom. The van der Waals surface area contributed by atoms with Gasteiger partial charge in [0.15, 0.2) is 0 Å². The fraction of sp³-hybridized carbons (Fsp3) is 0.150. The van der Waals surface area contributed by atoms with E-state index in [0.717, 1.165) is 23.0 Å². The SMILES string of the molecule is CCn1c(N)c(C=N)cc(-c2ccc(-c3ccc(C)nc3)cc2Cl)c1=O. The van der Waals surface area contributed by atoms with Gasteiger partial charge in [-0.25, -0.2) is 0 Å². The van der Waals surface area contributed by atoms with E-state index in [1.807, 2.05) is 44.2 Å². The van der Waals surface area contributed by atoms with Crippen LogP contribution in [0.2, 0.25) is 5.02 Å². The third-order valence-corrected chi connectivity index (χ3v) is 4.65. The van der Waals surface area contributed by atoms with Crippen LogP contribution in [0.3, 0.4) is 0 Å². The molecule has 1 aromatic carbocycles. The Morgan fingerprint density at radius 1 is 1.19 bits per heavy atom. The molecule has 0 saturated heterocycles. The molecule has 0 bridgehead atoms. The second kappa shape index (κ2) is 7.14. The highest BCUT2D eigenvalue weighted by Crippen LogP contribution is 2.31. The lowest BCUT2D eigenvalue weighted by Gasteiger charge is -2.14. The van der Waals surface area contributed by atoms with Crippen LogP contribution in [0.5, 0.6) is 0 Å². The van der Waals surface area contributed by atoms with Crippen LogP contribution < -0.4 is 11.3 Å². The number of aromatic nitrogens is 2. The van der Waals surface area contributed by atoms with Gasteiger partial charge in [0.25, 0.3) is 5.56 Å². The van der Waals surface area contributed by atoms with Gasteiger partial charge in [-0.15, -0.1) is 0 Å². The number of hydrogen-bond donors (Lipinski definition) is 2. The Balaban J connectivity index is 2.15. The summed E-state index contributed by atoms with van der Waals surface area (Å²) in [5.41, 5.74) is 10.1. The van der Waals surface area contributed by atoms with Gasteiger partial charge in [0, 0.05) is 51.9 Å². The van der Waals surface area contributed by atoms with Gasteiger partial charge in [0.05, 0.1) is 0 Å². The third-order valence-electron chi connectivity index (χ3n) is 4.34. The number of anilines is 1. The molecule has 0 saturated carbocycles. The van der Waals surface area contributed by atoms with E-state index in [2.05, 4.69) is 4.98 Å². The summed E-state index contributed by atoms with van der Waals surface area (Å²) in [5.74, 6) is 0.287. The number of aryl methyl sites for hydroxylation is 1. The van der Waals surface area contributed by atoms with Gasteiger partial charge in [-0.2, -0.15) is 0 Å². The number of nitrogen functional groups attached to an aromatic ring is 1. The minimum atomic E-state index is -0.220. The molecule has 0 amide bonds. The number of rotatable bonds is 4. The molecule has 0 unspecified atom stereocenters. The summed E-state index contributed by atoms with van der Waals surface area (Å²) in [7, 11) is 0. The van der Waals surface area contributed by atoms with Gasteiger partial charge in [0.1, 0.15) is 5.82 Å². The first kappa shape index (κ1) is 17.9. The van der Waals surface area contributed by atoms with Crippen molar-refractivity contribution in [3.63, 3.8) is 0 Å². The third kappa shape index (κ3) is 3.13. The maximum atomic E-state index is 12.8. The predicted molar refractivity (Wildman–Crippen MR) is 107 cm³/mol. The molecular weight excluding hydrogens is 348 g/mol. The Kier molecular flexibility index (Phi) is 4.91. The Bertz CT molecular complexity index is 1040. The summed E-state index contributed by atoms with van der Waals surface area (Å²) >= 11 is 6.49. The maximum Gasteiger partial charge on any atom is 0.260 e. The molecule has 3 rings (SSSR count). The van der Waals surface area contributed by atoms with Gasteiger partial charge in [-0.3, -0.25) is 14.3 Å². The van der Waals surface area contributed by atoms with Crippen LogP contribution in [0.1, 0.15) is 18.2 Å². The second-order valence-corrected chi connectivity index (χ2v) is 6.38. The molecule has 2 aromatic heterocycles. The van der Waals surface area contributed by atoms with E-state index in [-0.39, 0.29) is 11.4 Å². The van der Waals surface area contributed by atoms with Crippen LogP contribution in [-0.4, -0.2) is 15.8 Å². The van der Waals surface area contributed by atoms with E-state index in [1.54, 1.807) is 12.3 Å². The number of benzene rings is 1.